The minimum atomic E-state index is -0.661. The lowest BCUT2D eigenvalue weighted by Gasteiger charge is -2.30. The van der Waals surface area contributed by atoms with Crippen LogP contribution in [0.5, 0.6) is 0 Å². The molecule has 1 aliphatic rings. The summed E-state index contributed by atoms with van der Waals surface area (Å²) in [5.74, 6) is -0.980. The fraction of sp³-hybridized carbons (Fsp3) is 0.462. The van der Waals surface area contributed by atoms with Gasteiger partial charge in [-0.3, -0.25) is 9.59 Å². The van der Waals surface area contributed by atoms with Crippen LogP contribution in [0.15, 0.2) is 18.2 Å². The van der Waals surface area contributed by atoms with Crippen molar-refractivity contribution in [1.29, 1.82) is 0 Å². The van der Waals surface area contributed by atoms with Gasteiger partial charge in [-0.15, -0.1) is 0 Å². The molecular formula is C13H16FN3O2. The molecule has 0 saturated carbocycles. The first-order chi connectivity index (χ1) is 9.11. The molecule has 0 spiro atoms. The summed E-state index contributed by atoms with van der Waals surface area (Å²) < 4.78 is 13.0. The Kier molecular flexibility index (Phi) is 4.09. The Labute approximate surface area is 110 Å². The number of carbonyl (C=O) groups excluding carboxylic acids is 2. The van der Waals surface area contributed by atoms with E-state index in [1.807, 2.05) is 0 Å². The van der Waals surface area contributed by atoms with Gasteiger partial charge in [0.1, 0.15) is 5.69 Å². The number of hydrogen-bond acceptors (Lipinski definition) is 3. The highest BCUT2D eigenvalue weighted by molar-refractivity contribution is 5.92. The molecule has 5 nitrogen and oxygen atoms in total. The molecule has 6 heteroatoms. The van der Waals surface area contributed by atoms with E-state index in [0.29, 0.717) is 25.9 Å². The van der Waals surface area contributed by atoms with E-state index in [1.54, 1.807) is 11.9 Å². The van der Waals surface area contributed by atoms with Crippen LogP contribution >= 0.6 is 0 Å². The summed E-state index contributed by atoms with van der Waals surface area (Å²) in [6.45, 7) is 0.990. The normalized spacial score (nSPS) is 16.2. The second-order valence-corrected chi connectivity index (χ2v) is 4.53. The summed E-state index contributed by atoms with van der Waals surface area (Å²) in [7, 11) is 1.61. The van der Waals surface area contributed by atoms with Gasteiger partial charge < -0.3 is 10.2 Å². The lowest BCUT2D eigenvalue weighted by atomic mass is 9.96. The number of amides is 2. The number of nitrogens with one attached hydrogen (secondary N) is 1. The minimum absolute atomic E-state index is 0.0102. The van der Waals surface area contributed by atoms with E-state index < -0.39 is 5.95 Å². The molecule has 0 atom stereocenters. The topological polar surface area (TPSA) is 62.3 Å². The number of nitrogens with zero attached hydrogens (tertiary/aromatic N) is 2. The molecule has 2 heterocycles. The second kappa shape index (κ2) is 5.77. The number of rotatable bonds is 2. The third-order valence-electron chi connectivity index (χ3n) is 3.33. The highest BCUT2D eigenvalue weighted by Gasteiger charge is 2.27. The van der Waals surface area contributed by atoms with Gasteiger partial charge in [0.25, 0.3) is 5.91 Å². The lowest BCUT2D eigenvalue weighted by Crippen LogP contribution is -2.42. The first-order valence-corrected chi connectivity index (χ1v) is 6.25. The molecule has 1 aliphatic heterocycles. The molecule has 102 valence electrons. The van der Waals surface area contributed by atoms with Crippen LogP contribution in [0.4, 0.5) is 4.39 Å². The monoisotopic (exact) mass is 265 g/mol. The number of hydrogen-bond donors (Lipinski definition) is 1. The standard InChI is InChI=1S/C13H16FN3O2/c1-15-12(18)9-5-7-17(8-6-9)13(19)10-3-2-4-11(14)16-10/h2-4,9H,5-8H2,1H3,(H,15,18). The van der Waals surface area contributed by atoms with Crippen molar-refractivity contribution in [2.45, 2.75) is 12.8 Å². The molecular weight excluding hydrogens is 249 g/mol. The summed E-state index contributed by atoms with van der Waals surface area (Å²) in [6, 6.07) is 4.16. The highest BCUT2D eigenvalue weighted by atomic mass is 19.1. The minimum Gasteiger partial charge on any atom is -0.359 e. The summed E-state index contributed by atoms with van der Waals surface area (Å²) in [6.07, 6.45) is 1.25. The Morgan fingerprint density at radius 1 is 1.37 bits per heavy atom. The van der Waals surface area contributed by atoms with E-state index in [-0.39, 0.29) is 23.4 Å². The third kappa shape index (κ3) is 3.07. The van der Waals surface area contributed by atoms with Gasteiger partial charge in [0.05, 0.1) is 0 Å². The van der Waals surface area contributed by atoms with Crippen molar-refractivity contribution in [3.63, 3.8) is 0 Å². The van der Waals surface area contributed by atoms with E-state index in [1.165, 1.54) is 18.2 Å². The molecule has 0 aliphatic carbocycles. The predicted octanol–water partition coefficient (Wildman–Crippen LogP) is 0.819. The lowest BCUT2D eigenvalue weighted by molar-refractivity contribution is -0.125. The maximum absolute atomic E-state index is 13.0. The van der Waals surface area contributed by atoms with Crippen LogP contribution in [0.1, 0.15) is 23.3 Å². The molecule has 1 N–H and O–H groups in total. The molecule has 0 bridgehead atoms. The van der Waals surface area contributed by atoms with Gasteiger partial charge in [-0.1, -0.05) is 6.07 Å². The van der Waals surface area contributed by atoms with E-state index in [4.69, 9.17) is 0 Å². The van der Waals surface area contributed by atoms with Gasteiger partial charge in [-0.05, 0) is 25.0 Å². The smallest absolute Gasteiger partial charge is 0.272 e. The number of halogens is 1. The van der Waals surface area contributed by atoms with Crippen molar-refractivity contribution in [3.8, 4) is 0 Å². The van der Waals surface area contributed by atoms with Gasteiger partial charge in [0.2, 0.25) is 11.9 Å². The maximum Gasteiger partial charge on any atom is 0.272 e. The molecule has 1 aromatic rings. The molecule has 2 amide bonds. The Morgan fingerprint density at radius 2 is 2.05 bits per heavy atom. The van der Waals surface area contributed by atoms with Crippen LogP contribution in [0.3, 0.4) is 0 Å². The quantitative estimate of drug-likeness (QED) is 0.805. The molecule has 0 aromatic carbocycles. The van der Waals surface area contributed by atoms with Gasteiger partial charge in [0, 0.05) is 26.1 Å². The van der Waals surface area contributed by atoms with Gasteiger partial charge in [0.15, 0.2) is 0 Å². The number of carbonyl (C=O) groups is 2. The van der Waals surface area contributed by atoms with Crippen LogP contribution < -0.4 is 5.32 Å². The van der Waals surface area contributed by atoms with Crippen LogP contribution in [0, 0.1) is 11.9 Å². The van der Waals surface area contributed by atoms with E-state index in [2.05, 4.69) is 10.3 Å². The Hall–Kier alpha value is -1.98. The molecule has 2 rings (SSSR count). The zero-order chi connectivity index (χ0) is 13.8. The Bertz CT molecular complexity index is 485. The SMILES string of the molecule is CNC(=O)C1CCN(C(=O)c2cccc(F)n2)CC1. The Morgan fingerprint density at radius 3 is 2.63 bits per heavy atom. The highest BCUT2D eigenvalue weighted by Crippen LogP contribution is 2.18. The molecule has 0 radical (unpaired) electrons. The number of piperidine rings is 1. The maximum atomic E-state index is 13.0. The molecule has 1 saturated heterocycles. The summed E-state index contributed by atoms with van der Waals surface area (Å²) in [4.78, 5) is 28.8. The summed E-state index contributed by atoms with van der Waals surface area (Å²) in [5.41, 5.74) is 0.110. The third-order valence-corrected chi connectivity index (χ3v) is 3.33. The first-order valence-electron chi connectivity index (χ1n) is 6.25. The van der Waals surface area contributed by atoms with Crippen LogP contribution in [-0.4, -0.2) is 41.8 Å². The molecule has 1 fully saturated rings. The summed E-state index contributed by atoms with van der Waals surface area (Å²) >= 11 is 0. The number of aromatic nitrogens is 1. The first kappa shape index (κ1) is 13.5. The van der Waals surface area contributed by atoms with Gasteiger partial charge >= 0.3 is 0 Å². The van der Waals surface area contributed by atoms with Crippen molar-refractivity contribution in [2.24, 2.45) is 5.92 Å². The van der Waals surface area contributed by atoms with Crippen molar-refractivity contribution in [1.82, 2.24) is 15.2 Å². The molecule has 0 unspecified atom stereocenters. The zero-order valence-electron chi connectivity index (χ0n) is 10.7. The van der Waals surface area contributed by atoms with Crippen LogP contribution in [-0.2, 0) is 4.79 Å². The second-order valence-electron chi connectivity index (χ2n) is 4.53. The van der Waals surface area contributed by atoms with E-state index >= 15 is 0 Å². The predicted molar refractivity (Wildman–Crippen MR) is 66.9 cm³/mol. The van der Waals surface area contributed by atoms with Crippen LogP contribution in [0.25, 0.3) is 0 Å². The largest absolute Gasteiger partial charge is 0.359 e. The molecule has 19 heavy (non-hydrogen) atoms. The van der Waals surface area contributed by atoms with Crippen molar-refractivity contribution in [3.05, 3.63) is 29.8 Å². The van der Waals surface area contributed by atoms with Gasteiger partial charge in [-0.2, -0.15) is 4.39 Å². The fourth-order valence-corrected chi connectivity index (χ4v) is 2.24. The fourth-order valence-electron chi connectivity index (χ4n) is 2.24. The van der Waals surface area contributed by atoms with Crippen LogP contribution in [0.2, 0.25) is 0 Å². The van der Waals surface area contributed by atoms with E-state index in [0.717, 1.165) is 0 Å². The van der Waals surface area contributed by atoms with E-state index in [9.17, 15) is 14.0 Å². The average Bonchev–Trinajstić information content (AvgIpc) is 2.46. The molecule has 1 aromatic heterocycles. The van der Waals surface area contributed by atoms with Crippen molar-refractivity contribution >= 4 is 11.8 Å². The number of likely N-dealkylation sites (tertiary alicyclic amines) is 1. The average molecular weight is 265 g/mol. The number of pyridine rings is 1. The van der Waals surface area contributed by atoms with Gasteiger partial charge in [-0.25, -0.2) is 4.98 Å². The summed E-state index contributed by atoms with van der Waals surface area (Å²) in [5, 5.41) is 2.61. The Balaban J connectivity index is 1.98. The van der Waals surface area contributed by atoms with Crippen molar-refractivity contribution in [2.75, 3.05) is 20.1 Å². The zero-order valence-corrected chi connectivity index (χ0v) is 10.7. The van der Waals surface area contributed by atoms with Crippen molar-refractivity contribution < 1.29 is 14.0 Å².